The van der Waals surface area contributed by atoms with Crippen LogP contribution in [0.3, 0.4) is 0 Å². The van der Waals surface area contributed by atoms with Gasteiger partial charge >= 0.3 is 0 Å². The van der Waals surface area contributed by atoms with Gasteiger partial charge in [-0.2, -0.15) is 0 Å². The summed E-state index contributed by atoms with van der Waals surface area (Å²) in [6.45, 7) is 10.3. The normalized spacial score (nSPS) is 13.0. The minimum Gasteiger partial charge on any atom is -0.491 e. The molecule has 2 aromatic rings. The van der Waals surface area contributed by atoms with Gasteiger partial charge in [0.15, 0.2) is 6.10 Å². The fraction of sp³-hybridized carbons (Fsp3) is 0.409. The number of hydrogen-bond donors (Lipinski definition) is 1. The maximum Gasteiger partial charge on any atom is 0.261 e. The Labute approximate surface area is 156 Å². The quantitative estimate of drug-likeness (QED) is 0.766. The predicted molar refractivity (Wildman–Crippen MR) is 105 cm³/mol. The summed E-state index contributed by atoms with van der Waals surface area (Å²) in [4.78, 5) is 12.5. The topological polar surface area (TPSA) is 47.6 Å². The number of carbonyl (C=O) groups is 1. The van der Waals surface area contributed by atoms with Gasteiger partial charge in [0.05, 0.1) is 6.04 Å². The number of rotatable bonds is 8. The summed E-state index contributed by atoms with van der Waals surface area (Å²) >= 11 is 0. The lowest BCUT2D eigenvalue weighted by Crippen LogP contribution is -2.44. The molecule has 4 heteroatoms. The van der Waals surface area contributed by atoms with Crippen molar-refractivity contribution in [1.82, 2.24) is 5.32 Å². The van der Waals surface area contributed by atoms with E-state index in [0.29, 0.717) is 13.0 Å². The molecule has 2 aromatic carbocycles. The Kier molecular flexibility index (Phi) is 7.07. The molecule has 0 bridgehead atoms. The Morgan fingerprint density at radius 1 is 1.08 bits per heavy atom. The molecular formula is C22H29NO3. The summed E-state index contributed by atoms with van der Waals surface area (Å²) in [5.74, 6) is 1.45. The number of para-hydroxylation sites is 1. The van der Waals surface area contributed by atoms with Crippen LogP contribution < -0.4 is 14.8 Å². The Morgan fingerprint density at radius 2 is 1.73 bits per heavy atom. The molecule has 0 heterocycles. The maximum atomic E-state index is 12.5. The van der Waals surface area contributed by atoms with Gasteiger partial charge in [0.25, 0.3) is 5.91 Å². The number of benzene rings is 2. The van der Waals surface area contributed by atoms with Crippen LogP contribution >= 0.6 is 0 Å². The molecule has 0 unspecified atom stereocenters. The highest BCUT2D eigenvalue weighted by Gasteiger charge is 2.20. The lowest BCUT2D eigenvalue weighted by molar-refractivity contribution is -0.128. The van der Waals surface area contributed by atoms with Crippen LogP contribution in [-0.4, -0.2) is 24.7 Å². The first-order chi connectivity index (χ1) is 12.4. The second kappa shape index (κ2) is 9.27. The van der Waals surface area contributed by atoms with Gasteiger partial charge in [-0.3, -0.25) is 4.79 Å². The van der Waals surface area contributed by atoms with Crippen molar-refractivity contribution < 1.29 is 14.3 Å². The summed E-state index contributed by atoms with van der Waals surface area (Å²) in [7, 11) is 0. The lowest BCUT2D eigenvalue weighted by Gasteiger charge is -2.21. The van der Waals surface area contributed by atoms with Gasteiger partial charge in [-0.25, -0.2) is 0 Å². The van der Waals surface area contributed by atoms with Gasteiger partial charge in [0.1, 0.15) is 18.1 Å². The van der Waals surface area contributed by atoms with Gasteiger partial charge in [0, 0.05) is 0 Å². The molecular weight excluding hydrogens is 326 g/mol. The Bertz CT molecular complexity index is 722. The summed E-state index contributed by atoms with van der Waals surface area (Å²) < 4.78 is 11.7. The molecule has 0 saturated carbocycles. The fourth-order valence-electron chi connectivity index (χ4n) is 2.80. The van der Waals surface area contributed by atoms with Gasteiger partial charge in [-0.1, -0.05) is 31.2 Å². The first kappa shape index (κ1) is 19.8. The van der Waals surface area contributed by atoms with E-state index in [1.165, 1.54) is 0 Å². The van der Waals surface area contributed by atoms with Crippen molar-refractivity contribution in [2.24, 2.45) is 0 Å². The fourth-order valence-corrected chi connectivity index (χ4v) is 2.80. The van der Waals surface area contributed by atoms with E-state index in [9.17, 15) is 4.79 Å². The Hall–Kier alpha value is -2.49. The summed E-state index contributed by atoms with van der Waals surface area (Å²) in [5, 5.41) is 2.98. The number of amides is 1. The summed E-state index contributed by atoms with van der Waals surface area (Å²) in [6, 6.07) is 13.7. The lowest BCUT2D eigenvalue weighted by atomic mass is 10.1. The molecule has 0 spiro atoms. The molecule has 0 aliphatic heterocycles. The molecule has 4 nitrogen and oxygen atoms in total. The van der Waals surface area contributed by atoms with E-state index in [4.69, 9.17) is 9.47 Å². The van der Waals surface area contributed by atoms with E-state index in [-0.39, 0.29) is 11.9 Å². The molecule has 1 amide bonds. The molecule has 0 radical (unpaired) electrons. The highest BCUT2D eigenvalue weighted by molar-refractivity contribution is 5.81. The molecule has 1 N–H and O–H groups in total. The van der Waals surface area contributed by atoms with Crippen LogP contribution in [0.2, 0.25) is 0 Å². The second-order valence-electron chi connectivity index (χ2n) is 6.82. The molecule has 26 heavy (non-hydrogen) atoms. The van der Waals surface area contributed by atoms with Gasteiger partial charge in [0.2, 0.25) is 0 Å². The number of aryl methyl sites for hydroxylation is 3. The van der Waals surface area contributed by atoms with Crippen LogP contribution in [0.25, 0.3) is 0 Å². The van der Waals surface area contributed by atoms with E-state index in [1.807, 2.05) is 71.0 Å². The third kappa shape index (κ3) is 5.80. The zero-order valence-electron chi connectivity index (χ0n) is 16.3. The number of nitrogens with one attached hydrogen (secondary N) is 1. The SMILES string of the molecule is CC[C@H](Oc1cc(C)cc(C)c1)C(=O)N[C@H](C)COc1ccccc1C. The molecule has 0 fully saturated rings. The number of ether oxygens (including phenoxy) is 2. The van der Waals surface area contributed by atoms with Crippen LogP contribution in [0.5, 0.6) is 11.5 Å². The molecule has 2 rings (SSSR count). The van der Waals surface area contributed by atoms with Gasteiger partial charge in [-0.15, -0.1) is 0 Å². The molecule has 0 aliphatic carbocycles. The van der Waals surface area contributed by atoms with E-state index >= 15 is 0 Å². The first-order valence-corrected chi connectivity index (χ1v) is 9.12. The van der Waals surface area contributed by atoms with Crippen molar-refractivity contribution in [3.05, 3.63) is 59.2 Å². The average molecular weight is 355 g/mol. The second-order valence-corrected chi connectivity index (χ2v) is 6.82. The molecule has 2 atom stereocenters. The summed E-state index contributed by atoms with van der Waals surface area (Å²) in [5.41, 5.74) is 3.32. The first-order valence-electron chi connectivity index (χ1n) is 9.12. The van der Waals surface area contributed by atoms with Crippen LogP contribution in [0.15, 0.2) is 42.5 Å². The number of carbonyl (C=O) groups excluding carboxylic acids is 1. The van der Waals surface area contributed by atoms with Crippen LogP contribution in [-0.2, 0) is 4.79 Å². The van der Waals surface area contributed by atoms with Gasteiger partial charge in [-0.05, 0) is 69.0 Å². The zero-order chi connectivity index (χ0) is 19.1. The maximum absolute atomic E-state index is 12.5. The average Bonchev–Trinajstić information content (AvgIpc) is 2.58. The zero-order valence-corrected chi connectivity index (χ0v) is 16.3. The van der Waals surface area contributed by atoms with Crippen molar-refractivity contribution in [2.45, 2.75) is 53.2 Å². The van der Waals surface area contributed by atoms with E-state index in [0.717, 1.165) is 28.2 Å². The standard InChI is InChI=1S/C22H29NO3/c1-6-20(26-19-12-15(2)11-16(3)13-19)22(24)23-18(5)14-25-21-10-8-7-9-17(21)4/h7-13,18,20H,6,14H2,1-5H3,(H,23,24)/t18-,20+/m1/s1. The van der Waals surface area contributed by atoms with E-state index < -0.39 is 6.10 Å². The Morgan fingerprint density at radius 3 is 2.35 bits per heavy atom. The third-order valence-electron chi connectivity index (χ3n) is 4.11. The molecule has 0 aliphatic rings. The van der Waals surface area contributed by atoms with Crippen molar-refractivity contribution >= 4 is 5.91 Å². The smallest absolute Gasteiger partial charge is 0.261 e. The highest BCUT2D eigenvalue weighted by atomic mass is 16.5. The van der Waals surface area contributed by atoms with Gasteiger partial charge < -0.3 is 14.8 Å². The van der Waals surface area contributed by atoms with Crippen LogP contribution in [0, 0.1) is 20.8 Å². The third-order valence-corrected chi connectivity index (χ3v) is 4.11. The molecule has 140 valence electrons. The van der Waals surface area contributed by atoms with E-state index in [2.05, 4.69) is 11.4 Å². The number of hydrogen-bond acceptors (Lipinski definition) is 3. The van der Waals surface area contributed by atoms with E-state index in [1.54, 1.807) is 0 Å². The minimum atomic E-state index is -0.517. The highest BCUT2D eigenvalue weighted by Crippen LogP contribution is 2.19. The van der Waals surface area contributed by atoms with Crippen molar-refractivity contribution in [3.8, 4) is 11.5 Å². The molecule has 0 saturated heterocycles. The minimum absolute atomic E-state index is 0.112. The molecule has 0 aromatic heterocycles. The van der Waals surface area contributed by atoms with Crippen molar-refractivity contribution in [3.63, 3.8) is 0 Å². The Balaban J connectivity index is 1.90. The monoisotopic (exact) mass is 355 g/mol. The van der Waals surface area contributed by atoms with Crippen LogP contribution in [0.4, 0.5) is 0 Å². The van der Waals surface area contributed by atoms with Crippen molar-refractivity contribution in [1.29, 1.82) is 0 Å². The summed E-state index contributed by atoms with van der Waals surface area (Å²) in [6.07, 6.45) is 0.0848. The predicted octanol–water partition coefficient (Wildman–Crippen LogP) is 4.35. The van der Waals surface area contributed by atoms with Crippen molar-refractivity contribution in [2.75, 3.05) is 6.61 Å². The van der Waals surface area contributed by atoms with Crippen LogP contribution in [0.1, 0.15) is 37.0 Å². The largest absolute Gasteiger partial charge is 0.491 e.